The Kier molecular flexibility index (Phi) is 6.24. The topological polar surface area (TPSA) is 118 Å². The predicted octanol–water partition coefficient (Wildman–Crippen LogP) is -0.550. The molecule has 0 aromatic heterocycles. The smallest absolute Gasteiger partial charge is 0.322 e. The second kappa shape index (κ2) is 6.48. The van der Waals surface area contributed by atoms with Crippen LogP contribution in [0.4, 0.5) is 0 Å². The highest BCUT2D eigenvalue weighted by Gasteiger charge is 2.28. The van der Waals surface area contributed by atoms with Gasteiger partial charge in [-0.25, -0.2) is 21.6 Å². The molecule has 0 radical (unpaired) electrons. The Morgan fingerprint density at radius 3 is 2.06 bits per heavy atom. The van der Waals surface area contributed by atoms with Crippen molar-refractivity contribution in [3.05, 3.63) is 0 Å². The molecule has 0 aliphatic heterocycles. The highest BCUT2D eigenvalue weighted by atomic mass is 32.2. The van der Waals surface area contributed by atoms with E-state index in [4.69, 9.17) is 5.11 Å². The van der Waals surface area contributed by atoms with Gasteiger partial charge in [-0.1, -0.05) is 20.3 Å². The molecule has 0 saturated heterocycles. The fourth-order valence-electron chi connectivity index (χ4n) is 1.16. The number of aliphatic carboxylic acids is 1. The molecule has 0 saturated carbocycles. The lowest BCUT2D eigenvalue weighted by atomic mass is 10.0. The first kappa shape index (κ1) is 17.3. The van der Waals surface area contributed by atoms with E-state index in [0.29, 0.717) is 6.42 Å². The molecule has 0 aliphatic rings. The van der Waals surface area contributed by atoms with Crippen LogP contribution in [0.2, 0.25) is 0 Å². The molecule has 9 heteroatoms. The first-order chi connectivity index (χ1) is 7.98. The third-order valence-electron chi connectivity index (χ3n) is 2.51. The number of carbonyl (C=O) groups is 1. The molecule has 0 unspecified atom stereocenters. The van der Waals surface area contributed by atoms with Crippen molar-refractivity contribution in [2.45, 2.75) is 26.3 Å². The fourth-order valence-corrected chi connectivity index (χ4v) is 4.09. The monoisotopic (exact) mass is 301 g/mol. The molecule has 0 aromatic rings. The molecule has 0 aromatic carbocycles. The Hall–Kier alpha value is -0.670. The van der Waals surface area contributed by atoms with Gasteiger partial charge in [0.1, 0.15) is 15.9 Å². The average molecular weight is 301 g/mol. The number of sulfonamides is 1. The van der Waals surface area contributed by atoms with E-state index in [1.807, 2.05) is 4.72 Å². The summed E-state index contributed by atoms with van der Waals surface area (Å²) in [5.41, 5.74) is 0. The number of sulfone groups is 1. The van der Waals surface area contributed by atoms with Crippen molar-refractivity contribution in [1.29, 1.82) is 0 Å². The van der Waals surface area contributed by atoms with E-state index in [0.717, 1.165) is 6.26 Å². The summed E-state index contributed by atoms with van der Waals surface area (Å²) in [6.07, 6.45) is 1.41. The van der Waals surface area contributed by atoms with Crippen LogP contribution in [-0.4, -0.2) is 51.7 Å². The number of rotatable bonds is 8. The lowest BCUT2D eigenvalue weighted by molar-refractivity contribution is -0.140. The van der Waals surface area contributed by atoms with Crippen molar-refractivity contribution < 1.29 is 26.7 Å². The van der Waals surface area contributed by atoms with Crippen LogP contribution in [0.5, 0.6) is 0 Å². The first-order valence-corrected chi connectivity index (χ1v) is 9.10. The Morgan fingerprint density at radius 1 is 1.22 bits per heavy atom. The van der Waals surface area contributed by atoms with E-state index in [9.17, 15) is 21.6 Å². The summed E-state index contributed by atoms with van der Waals surface area (Å²) in [4.78, 5) is 10.9. The van der Waals surface area contributed by atoms with E-state index in [2.05, 4.69) is 0 Å². The van der Waals surface area contributed by atoms with Crippen LogP contribution >= 0.6 is 0 Å². The van der Waals surface area contributed by atoms with Gasteiger partial charge in [-0.2, -0.15) is 0 Å². The molecule has 0 heterocycles. The van der Waals surface area contributed by atoms with E-state index in [1.54, 1.807) is 13.8 Å². The highest BCUT2D eigenvalue weighted by Crippen LogP contribution is 2.09. The van der Waals surface area contributed by atoms with E-state index in [-0.39, 0.29) is 5.92 Å². The number of hydrogen-bond donors (Lipinski definition) is 2. The summed E-state index contributed by atoms with van der Waals surface area (Å²) in [5.74, 6) is -2.82. The van der Waals surface area contributed by atoms with Crippen molar-refractivity contribution in [1.82, 2.24) is 4.72 Å². The zero-order valence-electron chi connectivity index (χ0n) is 10.6. The summed E-state index contributed by atoms with van der Waals surface area (Å²) in [6, 6.07) is -1.24. The van der Waals surface area contributed by atoms with Gasteiger partial charge in [0.05, 0.1) is 11.5 Å². The molecule has 0 rings (SSSR count). The van der Waals surface area contributed by atoms with Crippen LogP contribution in [0.25, 0.3) is 0 Å². The molecule has 18 heavy (non-hydrogen) atoms. The van der Waals surface area contributed by atoms with Gasteiger partial charge in [0, 0.05) is 6.26 Å². The van der Waals surface area contributed by atoms with Crippen molar-refractivity contribution in [2.24, 2.45) is 5.92 Å². The van der Waals surface area contributed by atoms with Crippen LogP contribution in [-0.2, 0) is 24.7 Å². The minimum Gasteiger partial charge on any atom is -0.480 e. The molecular weight excluding hydrogens is 282 g/mol. The van der Waals surface area contributed by atoms with Crippen molar-refractivity contribution >= 4 is 25.8 Å². The Bertz CT molecular complexity index is 481. The van der Waals surface area contributed by atoms with Crippen molar-refractivity contribution in [3.63, 3.8) is 0 Å². The SMILES string of the molecule is CC[C@H](C)[C@H](NS(=O)(=O)CCS(C)(=O)=O)C(=O)O. The maximum atomic E-state index is 11.6. The third kappa shape index (κ3) is 6.92. The molecule has 0 amide bonds. The standard InChI is InChI=1S/C9H19NO6S2/c1-4-7(2)8(9(11)12)10-18(15,16)6-5-17(3,13)14/h7-8,10H,4-6H2,1-3H3,(H,11,12)/t7-,8-/m0/s1. The van der Waals surface area contributed by atoms with E-state index >= 15 is 0 Å². The zero-order chi connectivity index (χ0) is 14.6. The van der Waals surface area contributed by atoms with Gasteiger partial charge in [0.15, 0.2) is 0 Å². The number of carboxylic acid groups (broad SMARTS) is 1. The van der Waals surface area contributed by atoms with Crippen LogP contribution in [0.15, 0.2) is 0 Å². The van der Waals surface area contributed by atoms with Gasteiger partial charge in [-0.3, -0.25) is 4.79 Å². The van der Waals surface area contributed by atoms with Crippen LogP contribution in [0.3, 0.4) is 0 Å². The molecule has 108 valence electrons. The summed E-state index contributed by atoms with van der Waals surface area (Å²) >= 11 is 0. The van der Waals surface area contributed by atoms with Crippen LogP contribution in [0, 0.1) is 5.92 Å². The van der Waals surface area contributed by atoms with E-state index in [1.165, 1.54) is 0 Å². The van der Waals surface area contributed by atoms with Crippen LogP contribution < -0.4 is 4.72 Å². The Labute approximate surface area is 108 Å². The Balaban J connectivity index is 4.77. The molecule has 2 atom stereocenters. The molecule has 0 spiro atoms. The number of carboxylic acids is 1. The molecule has 0 aliphatic carbocycles. The van der Waals surface area contributed by atoms with Gasteiger partial charge in [0.25, 0.3) is 0 Å². The van der Waals surface area contributed by atoms with Crippen LogP contribution in [0.1, 0.15) is 20.3 Å². The summed E-state index contributed by atoms with van der Waals surface area (Å²) in [7, 11) is -7.33. The number of hydrogen-bond acceptors (Lipinski definition) is 5. The van der Waals surface area contributed by atoms with Crippen molar-refractivity contribution in [2.75, 3.05) is 17.8 Å². The second-order valence-corrected chi connectivity index (χ2v) is 8.40. The molecule has 0 fully saturated rings. The molecule has 2 N–H and O–H groups in total. The average Bonchev–Trinajstić information content (AvgIpc) is 2.21. The van der Waals surface area contributed by atoms with E-state index < -0.39 is 43.4 Å². The first-order valence-electron chi connectivity index (χ1n) is 5.39. The largest absolute Gasteiger partial charge is 0.480 e. The third-order valence-corrected chi connectivity index (χ3v) is 5.07. The van der Waals surface area contributed by atoms with Gasteiger partial charge >= 0.3 is 5.97 Å². The lowest BCUT2D eigenvalue weighted by Crippen LogP contribution is -2.46. The summed E-state index contributed by atoms with van der Waals surface area (Å²) in [5, 5.41) is 8.92. The van der Waals surface area contributed by atoms with Gasteiger partial charge in [0.2, 0.25) is 10.0 Å². The normalized spacial score (nSPS) is 16.2. The Morgan fingerprint density at radius 2 is 1.72 bits per heavy atom. The predicted molar refractivity (Wildman–Crippen MR) is 67.5 cm³/mol. The fraction of sp³-hybridized carbons (Fsp3) is 0.889. The lowest BCUT2D eigenvalue weighted by Gasteiger charge is -2.19. The molecular formula is C9H19NO6S2. The van der Waals surface area contributed by atoms with Gasteiger partial charge in [-0.15, -0.1) is 0 Å². The maximum absolute atomic E-state index is 11.6. The minimum atomic E-state index is -3.92. The molecule has 7 nitrogen and oxygen atoms in total. The van der Waals surface area contributed by atoms with Crippen molar-refractivity contribution in [3.8, 4) is 0 Å². The number of nitrogens with one attached hydrogen (secondary N) is 1. The van der Waals surface area contributed by atoms with Gasteiger partial charge < -0.3 is 5.11 Å². The zero-order valence-corrected chi connectivity index (χ0v) is 12.2. The summed E-state index contributed by atoms with van der Waals surface area (Å²) in [6.45, 7) is 3.35. The minimum absolute atomic E-state index is 0.379. The summed E-state index contributed by atoms with van der Waals surface area (Å²) < 4.78 is 46.9. The maximum Gasteiger partial charge on any atom is 0.322 e. The second-order valence-electron chi connectivity index (χ2n) is 4.27. The van der Waals surface area contributed by atoms with Gasteiger partial charge in [-0.05, 0) is 5.92 Å². The highest BCUT2D eigenvalue weighted by molar-refractivity contribution is 7.93. The molecule has 0 bridgehead atoms. The quantitative estimate of drug-likeness (QED) is 0.621.